The van der Waals surface area contributed by atoms with Gasteiger partial charge in [0.05, 0.1) is 24.7 Å². The highest BCUT2D eigenvalue weighted by Gasteiger charge is 2.17. The summed E-state index contributed by atoms with van der Waals surface area (Å²) >= 11 is 5.82. The Morgan fingerprint density at radius 3 is 2.43 bits per heavy atom. The van der Waals surface area contributed by atoms with Gasteiger partial charge in [-0.1, -0.05) is 44.5 Å². The molecule has 0 aliphatic carbocycles. The zero-order chi connectivity index (χ0) is 15.6. The quantitative estimate of drug-likeness (QED) is 0.948. The van der Waals surface area contributed by atoms with Crippen LogP contribution in [0, 0.1) is 0 Å². The first-order valence-electron chi connectivity index (χ1n) is 6.78. The van der Waals surface area contributed by atoms with Gasteiger partial charge in [0.2, 0.25) is 0 Å². The van der Waals surface area contributed by atoms with Gasteiger partial charge < -0.3 is 5.11 Å². The molecule has 2 rings (SSSR count). The molecule has 0 aliphatic rings. The molecule has 1 aromatic heterocycles. The standard InChI is InChI=1S/C16H19ClN2O2/c1-16(2,3)14-8-15(21)19(10-18-14)9-13(20)11-4-6-12(17)7-5-11/h4-8,10,13,20H,9H2,1-3H3. The molecule has 2 aromatic rings. The summed E-state index contributed by atoms with van der Waals surface area (Å²) in [6, 6.07) is 8.44. The Kier molecular flexibility index (Phi) is 4.49. The average molecular weight is 307 g/mol. The number of hydrogen-bond acceptors (Lipinski definition) is 3. The van der Waals surface area contributed by atoms with E-state index in [0.717, 1.165) is 5.69 Å². The molecule has 1 heterocycles. The summed E-state index contributed by atoms with van der Waals surface area (Å²) in [5, 5.41) is 10.8. The Hall–Kier alpha value is -1.65. The molecule has 0 saturated carbocycles. The van der Waals surface area contributed by atoms with E-state index < -0.39 is 6.10 Å². The van der Waals surface area contributed by atoms with E-state index >= 15 is 0 Å². The lowest BCUT2D eigenvalue weighted by atomic mass is 9.92. The number of aliphatic hydroxyl groups excluding tert-OH is 1. The Balaban J connectivity index is 2.20. The maximum absolute atomic E-state index is 12.1. The fourth-order valence-electron chi connectivity index (χ4n) is 1.95. The smallest absolute Gasteiger partial charge is 0.253 e. The van der Waals surface area contributed by atoms with Crippen molar-refractivity contribution in [2.24, 2.45) is 0 Å². The van der Waals surface area contributed by atoms with Crippen LogP contribution in [0.5, 0.6) is 0 Å². The van der Waals surface area contributed by atoms with Crippen molar-refractivity contribution in [2.45, 2.75) is 38.8 Å². The molecular weight excluding hydrogens is 288 g/mol. The van der Waals surface area contributed by atoms with Gasteiger partial charge in [-0.25, -0.2) is 4.98 Å². The predicted molar refractivity (Wildman–Crippen MR) is 83.6 cm³/mol. The zero-order valence-electron chi connectivity index (χ0n) is 12.4. The molecule has 0 bridgehead atoms. The van der Waals surface area contributed by atoms with Crippen molar-refractivity contribution in [3.05, 3.63) is 63.3 Å². The van der Waals surface area contributed by atoms with Crippen LogP contribution in [0.15, 0.2) is 41.5 Å². The van der Waals surface area contributed by atoms with E-state index in [2.05, 4.69) is 4.98 Å². The van der Waals surface area contributed by atoms with Crippen molar-refractivity contribution in [1.82, 2.24) is 9.55 Å². The van der Waals surface area contributed by atoms with Gasteiger partial charge in [-0.2, -0.15) is 0 Å². The van der Waals surface area contributed by atoms with E-state index in [0.29, 0.717) is 10.6 Å². The molecule has 1 aromatic carbocycles. The van der Waals surface area contributed by atoms with Crippen molar-refractivity contribution in [2.75, 3.05) is 0 Å². The van der Waals surface area contributed by atoms with E-state index in [4.69, 9.17) is 11.6 Å². The number of rotatable bonds is 3. The zero-order valence-corrected chi connectivity index (χ0v) is 13.1. The average Bonchev–Trinajstić information content (AvgIpc) is 2.40. The fourth-order valence-corrected chi connectivity index (χ4v) is 2.08. The van der Waals surface area contributed by atoms with Gasteiger partial charge in [0, 0.05) is 16.5 Å². The van der Waals surface area contributed by atoms with Gasteiger partial charge in [-0.3, -0.25) is 9.36 Å². The molecule has 1 N–H and O–H groups in total. The van der Waals surface area contributed by atoms with Gasteiger partial charge in [0.25, 0.3) is 5.56 Å². The van der Waals surface area contributed by atoms with Crippen LogP contribution < -0.4 is 5.56 Å². The Bertz CT molecular complexity index is 672. The molecule has 5 heteroatoms. The first-order valence-corrected chi connectivity index (χ1v) is 7.15. The molecule has 0 spiro atoms. The van der Waals surface area contributed by atoms with Crippen LogP contribution in [0.3, 0.4) is 0 Å². The first kappa shape index (κ1) is 15.7. The molecule has 0 aliphatic heterocycles. The van der Waals surface area contributed by atoms with Gasteiger partial charge in [-0.15, -0.1) is 0 Å². The van der Waals surface area contributed by atoms with E-state index in [1.165, 1.54) is 17.0 Å². The maximum atomic E-state index is 12.1. The molecular formula is C16H19ClN2O2. The SMILES string of the molecule is CC(C)(C)c1cc(=O)n(CC(O)c2ccc(Cl)cc2)cn1. The Labute approximate surface area is 129 Å². The summed E-state index contributed by atoms with van der Waals surface area (Å²) in [6.07, 6.45) is 0.712. The summed E-state index contributed by atoms with van der Waals surface area (Å²) in [5.74, 6) is 0. The molecule has 0 fully saturated rings. The highest BCUT2D eigenvalue weighted by molar-refractivity contribution is 6.30. The molecule has 0 amide bonds. The van der Waals surface area contributed by atoms with Crippen LogP contribution in [0.1, 0.15) is 38.1 Å². The van der Waals surface area contributed by atoms with Crippen LogP contribution in [0.2, 0.25) is 5.02 Å². The van der Waals surface area contributed by atoms with E-state index in [1.54, 1.807) is 24.3 Å². The number of hydrogen-bond donors (Lipinski definition) is 1. The van der Waals surface area contributed by atoms with Crippen molar-refractivity contribution in [3.63, 3.8) is 0 Å². The topological polar surface area (TPSA) is 55.1 Å². The third-order valence-electron chi connectivity index (χ3n) is 3.27. The van der Waals surface area contributed by atoms with Crippen molar-refractivity contribution >= 4 is 11.6 Å². The summed E-state index contributed by atoms with van der Waals surface area (Å²) in [7, 11) is 0. The molecule has 21 heavy (non-hydrogen) atoms. The monoisotopic (exact) mass is 306 g/mol. The van der Waals surface area contributed by atoms with Crippen LogP contribution in [-0.4, -0.2) is 14.7 Å². The summed E-state index contributed by atoms with van der Waals surface area (Å²) < 4.78 is 1.41. The van der Waals surface area contributed by atoms with Gasteiger partial charge >= 0.3 is 0 Å². The largest absolute Gasteiger partial charge is 0.387 e. The fraction of sp³-hybridized carbons (Fsp3) is 0.375. The Morgan fingerprint density at radius 1 is 1.29 bits per heavy atom. The van der Waals surface area contributed by atoms with E-state index in [-0.39, 0.29) is 17.5 Å². The molecule has 112 valence electrons. The van der Waals surface area contributed by atoms with Crippen molar-refractivity contribution in [1.29, 1.82) is 0 Å². The Morgan fingerprint density at radius 2 is 1.90 bits per heavy atom. The summed E-state index contributed by atoms with van der Waals surface area (Å²) in [5.41, 5.74) is 1.12. The number of benzene rings is 1. The van der Waals surface area contributed by atoms with Crippen molar-refractivity contribution < 1.29 is 5.11 Å². The number of aliphatic hydroxyl groups is 1. The van der Waals surface area contributed by atoms with Crippen LogP contribution in [0.4, 0.5) is 0 Å². The second-order valence-corrected chi connectivity index (χ2v) is 6.52. The van der Waals surface area contributed by atoms with Crippen molar-refractivity contribution in [3.8, 4) is 0 Å². The third kappa shape index (κ3) is 3.93. The molecule has 0 saturated heterocycles. The van der Waals surface area contributed by atoms with Crippen LogP contribution in [0.25, 0.3) is 0 Å². The molecule has 1 atom stereocenters. The minimum Gasteiger partial charge on any atom is -0.387 e. The lowest BCUT2D eigenvalue weighted by Crippen LogP contribution is -2.26. The minimum atomic E-state index is -0.776. The van der Waals surface area contributed by atoms with E-state index in [1.807, 2.05) is 20.8 Å². The van der Waals surface area contributed by atoms with Gasteiger partial charge in [-0.05, 0) is 17.7 Å². The number of aromatic nitrogens is 2. The van der Waals surface area contributed by atoms with Crippen LogP contribution in [-0.2, 0) is 12.0 Å². The van der Waals surface area contributed by atoms with Gasteiger partial charge in [0.15, 0.2) is 0 Å². The predicted octanol–water partition coefficient (Wildman–Crippen LogP) is 2.93. The number of halogens is 1. The lowest BCUT2D eigenvalue weighted by Gasteiger charge is -2.18. The molecule has 1 unspecified atom stereocenters. The minimum absolute atomic E-state index is 0.164. The van der Waals surface area contributed by atoms with E-state index in [9.17, 15) is 9.90 Å². The first-order chi connectivity index (χ1) is 9.77. The highest BCUT2D eigenvalue weighted by Crippen LogP contribution is 2.19. The summed E-state index contributed by atoms with van der Waals surface area (Å²) in [6.45, 7) is 6.17. The van der Waals surface area contributed by atoms with Crippen LogP contribution >= 0.6 is 11.6 Å². The highest BCUT2D eigenvalue weighted by atomic mass is 35.5. The second kappa shape index (κ2) is 6.00. The maximum Gasteiger partial charge on any atom is 0.253 e. The second-order valence-electron chi connectivity index (χ2n) is 6.08. The molecule has 4 nitrogen and oxygen atoms in total. The molecule has 0 radical (unpaired) electrons. The normalized spacial score (nSPS) is 13.2. The lowest BCUT2D eigenvalue weighted by molar-refractivity contribution is 0.154. The third-order valence-corrected chi connectivity index (χ3v) is 3.52. The van der Waals surface area contributed by atoms with Gasteiger partial charge in [0.1, 0.15) is 0 Å². The summed E-state index contributed by atoms with van der Waals surface area (Å²) in [4.78, 5) is 16.4. The number of nitrogens with zero attached hydrogens (tertiary/aromatic N) is 2.